The van der Waals surface area contributed by atoms with E-state index in [2.05, 4.69) is 26.6 Å². The lowest BCUT2D eigenvalue weighted by Gasteiger charge is -2.19. The fourth-order valence-corrected chi connectivity index (χ4v) is 2.15. The molecule has 1 rings (SSSR count). The number of hydrogen-bond donors (Lipinski definition) is 2. The number of benzene rings is 1. The summed E-state index contributed by atoms with van der Waals surface area (Å²) in [6, 6.07) is 5.14. The molecule has 2 N–H and O–H groups in total. The van der Waals surface area contributed by atoms with Gasteiger partial charge in [-0.2, -0.15) is 0 Å². The SMILES string of the molecule is CCNC(=O)c1cc(Br)cc(OCCNC(=O)OC(C)(C)C)c1. The van der Waals surface area contributed by atoms with Crippen LogP contribution in [0.4, 0.5) is 4.79 Å². The Bertz CT molecular complexity index is 556. The number of halogens is 1. The fraction of sp³-hybridized carbons (Fsp3) is 0.500. The molecule has 6 nitrogen and oxygen atoms in total. The first-order chi connectivity index (χ1) is 10.7. The molecule has 128 valence electrons. The number of alkyl carbamates (subject to hydrolysis) is 1. The summed E-state index contributed by atoms with van der Waals surface area (Å²) in [6.45, 7) is 8.38. The van der Waals surface area contributed by atoms with Gasteiger partial charge >= 0.3 is 6.09 Å². The standard InChI is InChI=1S/C16H23BrN2O4/c1-5-18-14(20)11-8-12(17)10-13(9-11)22-7-6-19-15(21)23-16(2,3)4/h8-10H,5-7H2,1-4H3,(H,18,20)(H,19,21). The Morgan fingerprint density at radius 2 is 1.87 bits per heavy atom. The molecule has 23 heavy (non-hydrogen) atoms. The summed E-state index contributed by atoms with van der Waals surface area (Å²) in [5, 5.41) is 5.34. The molecule has 0 aromatic heterocycles. The predicted molar refractivity (Wildman–Crippen MR) is 91.9 cm³/mol. The summed E-state index contributed by atoms with van der Waals surface area (Å²) < 4.78 is 11.4. The molecule has 0 aliphatic carbocycles. The van der Waals surface area contributed by atoms with Crippen LogP contribution in [0.1, 0.15) is 38.1 Å². The van der Waals surface area contributed by atoms with Crippen LogP contribution in [0.25, 0.3) is 0 Å². The van der Waals surface area contributed by atoms with Crippen LogP contribution in [0.5, 0.6) is 5.75 Å². The van der Waals surface area contributed by atoms with Gasteiger partial charge in [0, 0.05) is 16.6 Å². The minimum absolute atomic E-state index is 0.162. The molecule has 1 aromatic rings. The molecule has 0 spiro atoms. The number of rotatable bonds is 6. The van der Waals surface area contributed by atoms with E-state index in [-0.39, 0.29) is 12.5 Å². The van der Waals surface area contributed by atoms with Crippen LogP contribution in [-0.2, 0) is 4.74 Å². The van der Waals surface area contributed by atoms with E-state index in [0.29, 0.717) is 24.4 Å². The van der Waals surface area contributed by atoms with Crippen LogP contribution in [0.3, 0.4) is 0 Å². The Hall–Kier alpha value is -1.76. The lowest BCUT2D eigenvalue weighted by Crippen LogP contribution is -2.34. The molecule has 1 aromatic carbocycles. The maximum atomic E-state index is 11.8. The largest absolute Gasteiger partial charge is 0.492 e. The van der Waals surface area contributed by atoms with Crippen LogP contribution >= 0.6 is 15.9 Å². The van der Waals surface area contributed by atoms with Crippen LogP contribution in [0.15, 0.2) is 22.7 Å². The molecule has 2 amide bonds. The van der Waals surface area contributed by atoms with Gasteiger partial charge in [0.25, 0.3) is 5.91 Å². The van der Waals surface area contributed by atoms with Crippen molar-refractivity contribution in [3.05, 3.63) is 28.2 Å². The van der Waals surface area contributed by atoms with E-state index < -0.39 is 11.7 Å². The minimum atomic E-state index is -0.531. The van der Waals surface area contributed by atoms with Crippen molar-refractivity contribution in [1.29, 1.82) is 0 Å². The quantitative estimate of drug-likeness (QED) is 0.736. The Balaban J connectivity index is 2.49. The summed E-state index contributed by atoms with van der Waals surface area (Å²) in [5.41, 5.74) is -0.0205. The van der Waals surface area contributed by atoms with Gasteiger partial charge in [-0.3, -0.25) is 4.79 Å². The first-order valence-electron chi connectivity index (χ1n) is 7.39. The highest BCUT2D eigenvalue weighted by atomic mass is 79.9. The molecule has 0 atom stereocenters. The lowest BCUT2D eigenvalue weighted by molar-refractivity contribution is 0.0520. The number of amides is 2. The van der Waals surface area contributed by atoms with E-state index in [0.717, 1.165) is 4.47 Å². The molecular formula is C16H23BrN2O4. The molecular weight excluding hydrogens is 364 g/mol. The zero-order chi connectivity index (χ0) is 17.5. The van der Waals surface area contributed by atoms with Crippen molar-refractivity contribution in [1.82, 2.24) is 10.6 Å². The van der Waals surface area contributed by atoms with Crippen molar-refractivity contribution >= 4 is 27.9 Å². The number of ether oxygens (including phenoxy) is 2. The fourth-order valence-electron chi connectivity index (χ4n) is 1.68. The maximum Gasteiger partial charge on any atom is 0.407 e. The van der Waals surface area contributed by atoms with Gasteiger partial charge in [0.2, 0.25) is 0 Å². The van der Waals surface area contributed by atoms with Gasteiger partial charge in [-0.05, 0) is 45.9 Å². The van der Waals surface area contributed by atoms with Crippen molar-refractivity contribution in [3.8, 4) is 5.75 Å². The number of nitrogens with one attached hydrogen (secondary N) is 2. The van der Waals surface area contributed by atoms with Crippen LogP contribution in [-0.4, -0.2) is 37.3 Å². The molecule has 0 unspecified atom stereocenters. The Labute approximate surface area is 145 Å². The third-order valence-electron chi connectivity index (χ3n) is 2.51. The van der Waals surface area contributed by atoms with Gasteiger partial charge in [0.1, 0.15) is 18.0 Å². The normalized spacial score (nSPS) is 10.8. The van der Waals surface area contributed by atoms with Crippen molar-refractivity contribution in [2.45, 2.75) is 33.3 Å². The molecule has 0 aliphatic heterocycles. The third kappa shape index (κ3) is 7.88. The van der Waals surface area contributed by atoms with Crippen molar-refractivity contribution in [2.24, 2.45) is 0 Å². The smallest absolute Gasteiger partial charge is 0.407 e. The Kier molecular flexibility index (Phi) is 7.35. The monoisotopic (exact) mass is 386 g/mol. The number of carbonyl (C=O) groups excluding carboxylic acids is 2. The van der Waals surface area contributed by atoms with Crippen molar-refractivity contribution < 1.29 is 19.1 Å². The minimum Gasteiger partial charge on any atom is -0.492 e. The number of carbonyl (C=O) groups is 2. The third-order valence-corrected chi connectivity index (χ3v) is 2.97. The van der Waals surface area contributed by atoms with Gasteiger partial charge in [-0.25, -0.2) is 4.79 Å². The van der Waals surface area contributed by atoms with Gasteiger partial charge in [0.15, 0.2) is 0 Å². The molecule has 0 aliphatic rings. The lowest BCUT2D eigenvalue weighted by atomic mass is 10.2. The van der Waals surface area contributed by atoms with Crippen LogP contribution < -0.4 is 15.4 Å². The van der Waals surface area contributed by atoms with Crippen LogP contribution in [0, 0.1) is 0 Å². The van der Waals surface area contributed by atoms with Gasteiger partial charge < -0.3 is 20.1 Å². The average molecular weight is 387 g/mol. The summed E-state index contributed by atoms with van der Waals surface area (Å²) in [6.07, 6.45) is -0.488. The zero-order valence-corrected chi connectivity index (χ0v) is 15.5. The molecule has 0 heterocycles. The van der Waals surface area contributed by atoms with E-state index >= 15 is 0 Å². The highest BCUT2D eigenvalue weighted by Gasteiger charge is 2.15. The van der Waals surface area contributed by atoms with Crippen molar-refractivity contribution in [2.75, 3.05) is 19.7 Å². The zero-order valence-electron chi connectivity index (χ0n) is 13.9. The molecule has 7 heteroatoms. The maximum absolute atomic E-state index is 11.8. The van der Waals surface area contributed by atoms with E-state index in [4.69, 9.17) is 9.47 Å². The summed E-state index contributed by atoms with van der Waals surface area (Å²) in [7, 11) is 0. The summed E-state index contributed by atoms with van der Waals surface area (Å²) in [5.74, 6) is 0.386. The topological polar surface area (TPSA) is 76.7 Å². The van der Waals surface area contributed by atoms with Gasteiger partial charge in [0.05, 0.1) is 6.54 Å². The van der Waals surface area contributed by atoms with Crippen molar-refractivity contribution in [3.63, 3.8) is 0 Å². The van der Waals surface area contributed by atoms with E-state index in [9.17, 15) is 9.59 Å². The van der Waals surface area contributed by atoms with Gasteiger partial charge in [-0.15, -0.1) is 0 Å². The van der Waals surface area contributed by atoms with E-state index in [1.165, 1.54) is 0 Å². The first kappa shape index (κ1) is 19.3. The van der Waals surface area contributed by atoms with Crippen LogP contribution in [0.2, 0.25) is 0 Å². The molecule has 0 fully saturated rings. The second-order valence-corrected chi connectivity index (χ2v) is 6.73. The highest BCUT2D eigenvalue weighted by Crippen LogP contribution is 2.21. The Morgan fingerprint density at radius 1 is 1.17 bits per heavy atom. The highest BCUT2D eigenvalue weighted by molar-refractivity contribution is 9.10. The molecule has 0 saturated heterocycles. The second-order valence-electron chi connectivity index (χ2n) is 5.81. The number of hydrogen-bond acceptors (Lipinski definition) is 4. The van der Waals surface area contributed by atoms with E-state index in [1.807, 2.05) is 6.92 Å². The molecule has 0 saturated carbocycles. The molecule has 0 radical (unpaired) electrons. The van der Waals surface area contributed by atoms with Gasteiger partial charge in [-0.1, -0.05) is 15.9 Å². The summed E-state index contributed by atoms with van der Waals surface area (Å²) >= 11 is 3.35. The Morgan fingerprint density at radius 3 is 2.48 bits per heavy atom. The second kappa shape index (κ2) is 8.76. The summed E-state index contributed by atoms with van der Waals surface area (Å²) in [4.78, 5) is 23.3. The predicted octanol–water partition coefficient (Wildman–Crippen LogP) is 3.10. The molecule has 0 bridgehead atoms. The first-order valence-corrected chi connectivity index (χ1v) is 8.19. The van der Waals surface area contributed by atoms with E-state index in [1.54, 1.807) is 39.0 Å². The average Bonchev–Trinajstić information content (AvgIpc) is 2.41.